The molecule has 1 aliphatic rings. The molecule has 6 heteroatoms. The van der Waals surface area contributed by atoms with Crippen molar-refractivity contribution < 1.29 is 14.0 Å². The van der Waals surface area contributed by atoms with Gasteiger partial charge in [-0.05, 0) is 43.0 Å². The predicted molar refractivity (Wildman–Crippen MR) is 141 cm³/mol. The largest absolute Gasteiger partial charge is 0.352 e. The number of nitrogens with zero attached hydrogens (tertiary/aromatic N) is 1. The molecule has 1 atom stereocenters. The van der Waals surface area contributed by atoms with E-state index in [1.807, 2.05) is 61.5 Å². The van der Waals surface area contributed by atoms with Crippen LogP contribution in [0.25, 0.3) is 0 Å². The zero-order chi connectivity index (χ0) is 25.5. The van der Waals surface area contributed by atoms with Crippen LogP contribution < -0.4 is 5.32 Å². The lowest BCUT2D eigenvalue weighted by Gasteiger charge is -2.32. The minimum absolute atomic E-state index is 0.119. The summed E-state index contributed by atoms with van der Waals surface area (Å²) in [5, 5.41) is 3.39. The molecule has 1 N–H and O–H groups in total. The van der Waals surface area contributed by atoms with Gasteiger partial charge in [0.05, 0.1) is 6.42 Å². The summed E-state index contributed by atoms with van der Waals surface area (Å²) in [6.45, 7) is 2.24. The highest BCUT2D eigenvalue weighted by Crippen LogP contribution is 2.23. The van der Waals surface area contributed by atoms with Crippen molar-refractivity contribution in [3.05, 3.63) is 106 Å². The van der Waals surface area contributed by atoms with Gasteiger partial charge in [-0.1, -0.05) is 90.7 Å². The maximum absolute atomic E-state index is 14.6. The van der Waals surface area contributed by atoms with Gasteiger partial charge in [0.15, 0.2) is 0 Å². The van der Waals surface area contributed by atoms with Crippen LogP contribution in [0.4, 0.5) is 4.39 Å². The van der Waals surface area contributed by atoms with Crippen molar-refractivity contribution in [3.8, 4) is 0 Å². The van der Waals surface area contributed by atoms with Crippen LogP contribution in [0.1, 0.15) is 47.9 Å². The Morgan fingerprint density at radius 2 is 1.67 bits per heavy atom. The molecule has 0 bridgehead atoms. The molecule has 0 spiro atoms. The molecule has 0 aliphatic heterocycles. The minimum Gasteiger partial charge on any atom is -0.352 e. The highest BCUT2D eigenvalue weighted by Gasteiger charge is 2.32. The fourth-order valence-corrected chi connectivity index (χ4v) is 5.00. The van der Waals surface area contributed by atoms with E-state index in [0.29, 0.717) is 6.42 Å². The second kappa shape index (κ2) is 12.2. The van der Waals surface area contributed by atoms with Crippen molar-refractivity contribution >= 4 is 23.4 Å². The number of carbonyl (C=O) groups is 2. The van der Waals surface area contributed by atoms with Gasteiger partial charge in [0.25, 0.3) is 0 Å². The third kappa shape index (κ3) is 6.73. The van der Waals surface area contributed by atoms with Crippen molar-refractivity contribution in [1.82, 2.24) is 10.2 Å². The maximum atomic E-state index is 14.6. The monoisotopic (exact) mass is 506 g/mol. The van der Waals surface area contributed by atoms with Crippen molar-refractivity contribution in [2.45, 2.75) is 64.1 Å². The molecule has 0 radical (unpaired) electrons. The van der Waals surface area contributed by atoms with Crippen LogP contribution >= 0.6 is 11.6 Å². The van der Waals surface area contributed by atoms with E-state index in [2.05, 4.69) is 5.32 Å². The fraction of sp³-hybridized carbons (Fsp3) is 0.333. The molecule has 1 aliphatic carbocycles. The Morgan fingerprint density at radius 1 is 0.972 bits per heavy atom. The average molecular weight is 507 g/mol. The Hall–Kier alpha value is -3.18. The van der Waals surface area contributed by atoms with E-state index < -0.39 is 11.9 Å². The Bertz CT molecular complexity index is 1160. The van der Waals surface area contributed by atoms with Crippen molar-refractivity contribution in [2.75, 3.05) is 0 Å². The Labute approximate surface area is 217 Å². The van der Waals surface area contributed by atoms with Crippen LogP contribution in [-0.2, 0) is 29.0 Å². The van der Waals surface area contributed by atoms with Crippen molar-refractivity contribution in [3.63, 3.8) is 0 Å². The van der Waals surface area contributed by atoms with Gasteiger partial charge in [0, 0.05) is 29.6 Å². The van der Waals surface area contributed by atoms with Gasteiger partial charge in [-0.2, -0.15) is 0 Å². The molecule has 4 rings (SSSR count). The van der Waals surface area contributed by atoms with Crippen LogP contribution in [0.5, 0.6) is 0 Å². The summed E-state index contributed by atoms with van der Waals surface area (Å²) >= 11 is 6.25. The van der Waals surface area contributed by atoms with Crippen LogP contribution in [0.3, 0.4) is 0 Å². The standard InChI is InChI=1S/C30H32ClFN2O2/c1-21-14-16-23(17-15-21)20-34(29(35)19-25-26(31)12-7-13-27(25)32)28(18-22-8-3-2-4-9-22)30(36)33-24-10-5-6-11-24/h2-4,7-9,12-17,24,28H,5-6,10-11,18-20H2,1H3,(H,33,36)/t28-/m0/s1. The van der Waals surface area contributed by atoms with Crippen LogP contribution in [0, 0.1) is 12.7 Å². The summed E-state index contributed by atoms with van der Waals surface area (Å²) in [5.41, 5.74) is 3.11. The molecule has 0 aromatic heterocycles. The van der Waals surface area contributed by atoms with Gasteiger partial charge in [-0.3, -0.25) is 9.59 Å². The van der Waals surface area contributed by atoms with E-state index in [1.54, 1.807) is 11.0 Å². The number of hydrogen-bond acceptors (Lipinski definition) is 2. The zero-order valence-corrected chi connectivity index (χ0v) is 21.3. The molecule has 0 saturated heterocycles. The number of aryl methyl sites for hydroxylation is 1. The van der Waals surface area contributed by atoms with Gasteiger partial charge in [-0.15, -0.1) is 0 Å². The summed E-state index contributed by atoms with van der Waals surface area (Å²) in [4.78, 5) is 29.0. The summed E-state index contributed by atoms with van der Waals surface area (Å²) in [6, 6.07) is 21.3. The highest BCUT2D eigenvalue weighted by atomic mass is 35.5. The van der Waals surface area contributed by atoms with Crippen LogP contribution in [-0.4, -0.2) is 28.8 Å². The molecule has 2 amide bonds. The van der Waals surface area contributed by atoms with Gasteiger partial charge in [-0.25, -0.2) is 4.39 Å². The van der Waals surface area contributed by atoms with Crippen LogP contribution in [0.15, 0.2) is 72.8 Å². The molecular weight excluding hydrogens is 475 g/mol. The number of amides is 2. The topological polar surface area (TPSA) is 49.4 Å². The highest BCUT2D eigenvalue weighted by molar-refractivity contribution is 6.31. The minimum atomic E-state index is -0.743. The molecule has 0 unspecified atom stereocenters. The molecule has 3 aromatic carbocycles. The van der Waals surface area contributed by atoms with E-state index in [-0.39, 0.29) is 41.4 Å². The number of carbonyl (C=O) groups excluding carboxylic acids is 2. The normalized spacial score (nSPS) is 14.4. The maximum Gasteiger partial charge on any atom is 0.243 e. The van der Waals surface area contributed by atoms with E-state index in [1.165, 1.54) is 12.1 Å². The average Bonchev–Trinajstić information content (AvgIpc) is 3.38. The number of nitrogens with one attached hydrogen (secondary N) is 1. The number of benzene rings is 3. The first kappa shape index (κ1) is 25.9. The van der Waals surface area contributed by atoms with E-state index in [0.717, 1.165) is 42.4 Å². The van der Waals surface area contributed by atoms with Crippen molar-refractivity contribution in [1.29, 1.82) is 0 Å². The molecule has 4 nitrogen and oxygen atoms in total. The lowest BCUT2D eigenvalue weighted by Crippen LogP contribution is -2.52. The summed E-state index contributed by atoms with van der Waals surface area (Å²) in [5.74, 6) is -1.04. The van der Waals surface area contributed by atoms with Gasteiger partial charge >= 0.3 is 0 Å². The Balaban J connectivity index is 1.68. The second-order valence-corrected chi connectivity index (χ2v) is 9.99. The SMILES string of the molecule is Cc1ccc(CN(C(=O)Cc2c(F)cccc2Cl)[C@@H](Cc2ccccc2)C(=O)NC2CCCC2)cc1. The molecule has 0 heterocycles. The Morgan fingerprint density at radius 3 is 2.33 bits per heavy atom. The second-order valence-electron chi connectivity index (χ2n) is 9.58. The predicted octanol–water partition coefficient (Wildman–Crippen LogP) is 6.03. The number of hydrogen-bond donors (Lipinski definition) is 1. The number of rotatable bonds is 9. The molecule has 36 heavy (non-hydrogen) atoms. The lowest BCUT2D eigenvalue weighted by molar-refractivity contribution is -0.141. The van der Waals surface area contributed by atoms with E-state index in [9.17, 15) is 14.0 Å². The van der Waals surface area contributed by atoms with E-state index in [4.69, 9.17) is 11.6 Å². The number of halogens is 2. The first-order chi connectivity index (χ1) is 17.4. The van der Waals surface area contributed by atoms with Gasteiger partial charge < -0.3 is 10.2 Å². The molecule has 1 fully saturated rings. The molecule has 1 saturated carbocycles. The van der Waals surface area contributed by atoms with Crippen molar-refractivity contribution in [2.24, 2.45) is 0 Å². The Kier molecular flexibility index (Phi) is 8.76. The summed E-state index contributed by atoms with van der Waals surface area (Å²) in [6.07, 6.45) is 4.21. The van der Waals surface area contributed by atoms with Gasteiger partial charge in [0.1, 0.15) is 11.9 Å². The summed E-state index contributed by atoms with van der Waals surface area (Å²) < 4.78 is 14.6. The fourth-order valence-electron chi connectivity index (χ4n) is 4.77. The third-order valence-electron chi connectivity index (χ3n) is 6.84. The lowest BCUT2D eigenvalue weighted by atomic mass is 10.0. The smallest absolute Gasteiger partial charge is 0.243 e. The zero-order valence-electron chi connectivity index (χ0n) is 20.6. The third-order valence-corrected chi connectivity index (χ3v) is 7.19. The molecule has 188 valence electrons. The quantitative estimate of drug-likeness (QED) is 0.385. The molecular formula is C30H32ClFN2O2. The van der Waals surface area contributed by atoms with Crippen LogP contribution in [0.2, 0.25) is 5.02 Å². The first-order valence-electron chi connectivity index (χ1n) is 12.5. The van der Waals surface area contributed by atoms with E-state index >= 15 is 0 Å². The first-order valence-corrected chi connectivity index (χ1v) is 12.9. The van der Waals surface area contributed by atoms with Gasteiger partial charge in [0.2, 0.25) is 11.8 Å². The summed E-state index contributed by atoms with van der Waals surface area (Å²) in [7, 11) is 0. The molecule has 3 aromatic rings.